The number of pyridine rings is 2. The summed E-state index contributed by atoms with van der Waals surface area (Å²) < 4.78 is 0.815. The van der Waals surface area contributed by atoms with Crippen LogP contribution < -0.4 is 21.3 Å². The number of rotatable bonds is 10. The van der Waals surface area contributed by atoms with Gasteiger partial charge in [-0.05, 0) is 101 Å². The highest BCUT2D eigenvalue weighted by Gasteiger charge is 2.16. The van der Waals surface area contributed by atoms with E-state index in [9.17, 15) is 9.59 Å². The molecule has 0 fully saturated rings. The predicted octanol–water partition coefficient (Wildman–Crippen LogP) is 9.34. The fraction of sp³-hybridized carbons (Fsp3) is 0.135. The van der Waals surface area contributed by atoms with Crippen LogP contribution in [-0.2, 0) is 0 Å². The van der Waals surface area contributed by atoms with Gasteiger partial charge in [0.05, 0.1) is 17.1 Å². The first-order chi connectivity index (χ1) is 23.7. The Morgan fingerprint density at radius 3 is 2.35 bits per heavy atom. The number of hydrogen-bond acceptors (Lipinski definition) is 8. The van der Waals surface area contributed by atoms with Crippen LogP contribution in [0.1, 0.15) is 54.3 Å². The number of anilines is 4. The van der Waals surface area contributed by atoms with Crippen molar-refractivity contribution in [2.45, 2.75) is 42.5 Å². The van der Waals surface area contributed by atoms with Crippen molar-refractivity contribution in [3.8, 4) is 0 Å². The molecule has 4 N–H and O–H groups in total. The highest BCUT2D eigenvalue weighted by atomic mass is 79.9. The normalized spacial score (nSPS) is 11.6. The van der Waals surface area contributed by atoms with Gasteiger partial charge in [0, 0.05) is 37.4 Å². The Balaban J connectivity index is 1.23. The van der Waals surface area contributed by atoms with Gasteiger partial charge in [0.25, 0.3) is 5.91 Å². The van der Waals surface area contributed by atoms with Crippen LogP contribution in [0.3, 0.4) is 0 Å². The number of carbonyl (C=O) groups excluding carboxylic acids is 2. The van der Waals surface area contributed by atoms with Crippen molar-refractivity contribution in [1.29, 1.82) is 0 Å². The molecule has 0 unspecified atom stereocenters. The van der Waals surface area contributed by atoms with Gasteiger partial charge >= 0.3 is 6.03 Å². The average Bonchev–Trinajstić information content (AvgIpc) is 3.11. The van der Waals surface area contributed by atoms with Crippen LogP contribution in [0.2, 0.25) is 0 Å². The van der Waals surface area contributed by atoms with Gasteiger partial charge in [-0.25, -0.2) is 24.7 Å². The molecule has 0 saturated carbocycles. The summed E-state index contributed by atoms with van der Waals surface area (Å²) in [4.78, 5) is 45.6. The number of aromatic nitrogens is 4. The number of hydrogen-bond donors (Lipinski definition) is 4. The Morgan fingerprint density at radius 1 is 0.816 bits per heavy atom. The Bertz CT molecular complexity index is 2100. The van der Waals surface area contributed by atoms with E-state index < -0.39 is 0 Å². The van der Waals surface area contributed by atoms with E-state index in [0.29, 0.717) is 34.2 Å². The Morgan fingerprint density at radius 2 is 1.61 bits per heavy atom. The molecule has 1 atom stereocenters. The number of carbonyl (C=O) groups is 2. The molecule has 3 aromatic heterocycles. The quantitative estimate of drug-likeness (QED) is 0.110. The fourth-order valence-corrected chi connectivity index (χ4v) is 6.04. The van der Waals surface area contributed by atoms with E-state index in [1.54, 1.807) is 24.4 Å². The number of nitrogens with one attached hydrogen (secondary N) is 4. The molecule has 0 bridgehead atoms. The monoisotopic (exact) mass is 732 g/mol. The average molecular weight is 734 g/mol. The van der Waals surface area contributed by atoms with Crippen LogP contribution in [0.4, 0.5) is 27.8 Å². The molecule has 49 heavy (non-hydrogen) atoms. The lowest BCUT2D eigenvalue weighted by atomic mass is 10.1. The van der Waals surface area contributed by atoms with Crippen molar-refractivity contribution >= 4 is 73.7 Å². The molecule has 246 valence electrons. The van der Waals surface area contributed by atoms with Crippen LogP contribution in [0.5, 0.6) is 0 Å². The summed E-state index contributed by atoms with van der Waals surface area (Å²) in [5.41, 5.74) is 4.31. The molecule has 3 heterocycles. The fourth-order valence-electron chi connectivity index (χ4n) is 4.92. The summed E-state index contributed by atoms with van der Waals surface area (Å²) in [6.07, 6.45) is 3.10. The smallest absolute Gasteiger partial charge is 0.319 e. The van der Waals surface area contributed by atoms with E-state index in [4.69, 9.17) is 4.98 Å². The van der Waals surface area contributed by atoms with E-state index in [-0.39, 0.29) is 23.9 Å². The summed E-state index contributed by atoms with van der Waals surface area (Å²) in [5.74, 6) is 0.951. The lowest BCUT2D eigenvalue weighted by Crippen LogP contribution is -2.31. The lowest BCUT2D eigenvalue weighted by Gasteiger charge is -2.16. The maximum absolute atomic E-state index is 13.3. The van der Waals surface area contributed by atoms with Gasteiger partial charge in [-0.3, -0.25) is 4.79 Å². The highest BCUT2D eigenvalue weighted by molar-refractivity contribution is 9.10. The van der Waals surface area contributed by atoms with Crippen LogP contribution in [0, 0.1) is 0 Å². The molecule has 0 aliphatic heterocycles. The van der Waals surface area contributed by atoms with Crippen molar-refractivity contribution in [2.24, 2.45) is 0 Å². The zero-order valence-corrected chi connectivity index (χ0v) is 29.3. The number of halogens is 1. The SMILES string of the molecule is CC(C)c1ccc2c(Nc3cc(C(=O)Nc4ccc(Br)cn4)ccc3Sc3ccc(NC(=O)N[C@@H](C)c4ccccc4)cc3)ncnc2n1. The number of nitrogens with zero attached hydrogens (tertiary/aromatic N) is 4. The van der Waals surface area contributed by atoms with Crippen LogP contribution >= 0.6 is 27.7 Å². The first-order valence-electron chi connectivity index (χ1n) is 15.6. The second kappa shape index (κ2) is 15.3. The van der Waals surface area contributed by atoms with E-state index in [2.05, 4.69) is 66.0 Å². The van der Waals surface area contributed by atoms with E-state index in [0.717, 1.165) is 30.9 Å². The summed E-state index contributed by atoms with van der Waals surface area (Å²) in [5, 5.41) is 12.9. The molecule has 3 amide bonds. The minimum absolute atomic E-state index is 0.141. The van der Waals surface area contributed by atoms with Crippen molar-refractivity contribution in [3.63, 3.8) is 0 Å². The highest BCUT2D eigenvalue weighted by Crippen LogP contribution is 2.37. The summed E-state index contributed by atoms with van der Waals surface area (Å²) >= 11 is 4.88. The third kappa shape index (κ3) is 8.59. The van der Waals surface area contributed by atoms with E-state index in [1.165, 1.54) is 18.1 Å². The molecule has 12 heteroatoms. The van der Waals surface area contributed by atoms with Crippen LogP contribution in [-0.4, -0.2) is 31.9 Å². The second-order valence-corrected chi connectivity index (χ2v) is 13.5. The standard InChI is InChI=1S/C37H33BrN8O2S/c1-22(2)30-16-15-29-34(44-30)40-21-41-35(29)45-31-19-25(36(47)46-33-18-10-26(38)20-39-33)9-17-32(31)49-28-13-11-27(12-14-28)43-37(48)42-23(3)24-7-5-4-6-8-24/h4-23H,1-3H3,(H,39,46,47)(H2,42,43,48)(H,40,41,44,45)/t23-/m0/s1. The molecule has 10 nitrogen and oxygen atoms in total. The van der Waals surface area contributed by atoms with Crippen molar-refractivity contribution in [2.75, 3.05) is 16.0 Å². The van der Waals surface area contributed by atoms with E-state index in [1.807, 2.05) is 85.8 Å². The molecule has 6 aromatic rings. The number of urea groups is 1. The van der Waals surface area contributed by atoms with Gasteiger partial charge in [0.1, 0.15) is 18.0 Å². The molecular formula is C37H33BrN8O2S. The maximum atomic E-state index is 13.3. The Kier molecular flexibility index (Phi) is 10.5. The second-order valence-electron chi connectivity index (χ2n) is 11.5. The Hall–Kier alpha value is -5.33. The number of amides is 3. The van der Waals surface area contributed by atoms with Gasteiger partial charge < -0.3 is 21.3 Å². The van der Waals surface area contributed by atoms with Crippen molar-refractivity contribution in [1.82, 2.24) is 25.3 Å². The first kappa shape index (κ1) is 33.6. The van der Waals surface area contributed by atoms with E-state index >= 15 is 0 Å². The minimum atomic E-state index is -0.305. The number of benzene rings is 3. The minimum Gasteiger partial charge on any atom is -0.339 e. The summed E-state index contributed by atoms with van der Waals surface area (Å²) in [6.45, 7) is 6.11. The molecule has 6 rings (SSSR count). The molecule has 0 aliphatic rings. The maximum Gasteiger partial charge on any atom is 0.319 e. The van der Waals surface area contributed by atoms with Gasteiger partial charge in [-0.1, -0.05) is 55.9 Å². The van der Waals surface area contributed by atoms with Crippen LogP contribution in [0.25, 0.3) is 11.0 Å². The number of fused-ring (bicyclic) bond motifs is 1. The topological polar surface area (TPSA) is 134 Å². The third-order valence-corrected chi connectivity index (χ3v) is 9.11. The summed E-state index contributed by atoms with van der Waals surface area (Å²) in [7, 11) is 0. The molecule has 0 radical (unpaired) electrons. The van der Waals surface area contributed by atoms with Crippen molar-refractivity contribution < 1.29 is 9.59 Å². The van der Waals surface area contributed by atoms with Gasteiger partial charge in [-0.15, -0.1) is 0 Å². The van der Waals surface area contributed by atoms with Crippen LogP contribution in [0.15, 0.2) is 124 Å². The third-order valence-electron chi connectivity index (χ3n) is 7.56. The zero-order valence-electron chi connectivity index (χ0n) is 26.9. The largest absolute Gasteiger partial charge is 0.339 e. The predicted molar refractivity (Wildman–Crippen MR) is 199 cm³/mol. The molecular weight excluding hydrogens is 700 g/mol. The molecule has 3 aromatic carbocycles. The van der Waals surface area contributed by atoms with Gasteiger partial charge in [0.15, 0.2) is 5.65 Å². The summed E-state index contributed by atoms with van der Waals surface area (Å²) in [6, 6.07) is 29.9. The molecule has 0 saturated heterocycles. The Labute approximate surface area is 296 Å². The molecule has 0 spiro atoms. The molecule has 0 aliphatic carbocycles. The zero-order chi connectivity index (χ0) is 34.3. The van der Waals surface area contributed by atoms with Crippen molar-refractivity contribution in [3.05, 3.63) is 131 Å². The van der Waals surface area contributed by atoms with Gasteiger partial charge in [0.2, 0.25) is 0 Å². The lowest BCUT2D eigenvalue weighted by molar-refractivity contribution is 0.102. The van der Waals surface area contributed by atoms with Gasteiger partial charge in [-0.2, -0.15) is 0 Å². The first-order valence-corrected chi connectivity index (χ1v) is 17.2.